The lowest BCUT2D eigenvalue weighted by Gasteiger charge is -2.26. The molecule has 0 aliphatic carbocycles. The Bertz CT molecular complexity index is 1120. The summed E-state index contributed by atoms with van der Waals surface area (Å²) in [5, 5.41) is 0. The highest BCUT2D eigenvalue weighted by Crippen LogP contribution is 2.27. The highest BCUT2D eigenvalue weighted by atomic mass is 32.2. The Hall–Kier alpha value is -2.01. The first-order valence-electron chi connectivity index (χ1n) is 9.42. The summed E-state index contributed by atoms with van der Waals surface area (Å²) in [5.74, 6) is -0.945. The molecule has 0 aromatic heterocycles. The van der Waals surface area contributed by atoms with Crippen LogP contribution in [-0.4, -0.2) is 47.4 Å². The number of nitrogens with zero attached hydrogens (tertiary/aromatic N) is 1. The summed E-state index contributed by atoms with van der Waals surface area (Å²) >= 11 is 0. The van der Waals surface area contributed by atoms with Crippen LogP contribution in [0.15, 0.2) is 52.3 Å². The topological polar surface area (TPSA) is 92.8 Å². The lowest BCUT2D eigenvalue weighted by atomic mass is 9.87. The smallest absolute Gasteiger partial charge is 0.261 e. The minimum Gasteiger partial charge on any atom is -0.379 e. The van der Waals surface area contributed by atoms with E-state index in [9.17, 15) is 21.2 Å². The minimum absolute atomic E-state index is 0.0254. The van der Waals surface area contributed by atoms with Crippen LogP contribution < -0.4 is 4.72 Å². The predicted octanol–water partition coefficient (Wildman–Crippen LogP) is 2.94. The van der Waals surface area contributed by atoms with Gasteiger partial charge in [-0.15, -0.1) is 0 Å². The van der Waals surface area contributed by atoms with Crippen LogP contribution in [0.4, 0.5) is 10.1 Å². The number of sulfonamides is 2. The molecule has 0 bridgehead atoms. The molecule has 0 atom stereocenters. The fraction of sp³-hybridized carbons (Fsp3) is 0.400. The van der Waals surface area contributed by atoms with Gasteiger partial charge in [-0.1, -0.05) is 32.9 Å². The summed E-state index contributed by atoms with van der Waals surface area (Å²) in [4.78, 5) is -0.551. The number of anilines is 1. The fourth-order valence-corrected chi connectivity index (χ4v) is 5.59. The lowest BCUT2D eigenvalue weighted by molar-refractivity contribution is 0.0729. The molecule has 1 saturated heterocycles. The summed E-state index contributed by atoms with van der Waals surface area (Å²) < 4.78 is 73.9. The van der Waals surface area contributed by atoms with Crippen LogP contribution in [0.1, 0.15) is 26.3 Å². The standard InChI is InChI=1S/C20H25FN2O5S2/c1-20(2,3)15-4-7-17(8-5-15)29(24,25)22-16-6-9-18(21)19(14-16)30(26,27)23-10-12-28-13-11-23/h4-9,14,22H,10-13H2,1-3H3. The molecule has 0 spiro atoms. The van der Waals surface area contributed by atoms with Crippen LogP contribution in [0.25, 0.3) is 0 Å². The molecule has 10 heteroatoms. The van der Waals surface area contributed by atoms with Crippen molar-refractivity contribution < 1.29 is 26.0 Å². The normalized spacial score (nSPS) is 16.4. The van der Waals surface area contributed by atoms with Gasteiger partial charge in [0.2, 0.25) is 10.0 Å². The maximum Gasteiger partial charge on any atom is 0.261 e. The van der Waals surface area contributed by atoms with Crippen molar-refractivity contribution in [1.82, 2.24) is 4.31 Å². The molecule has 0 radical (unpaired) electrons. The molecule has 2 aromatic carbocycles. The van der Waals surface area contributed by atoms with Gasteiger partial charge in [-0.05, 0) is 41.3 Å². The quantitative estimate of drug-likeness (QED) is 0.747. The van der Waals surface area contributed by atoms with E-state index in [1.807, 2.05) is 20.8 Å². The number of hydrogen-bond donors (Lipinski definition) is 1. The predicted molar refractivity (Wildman–Crippen MR) is 112 cm³/mol. The summed E-state index contributed by atoms with van der Waals surface area (Å²) in [6.45, 7) is 6.71. The Kier molecular flexibility index (Phi) is 6.24. The van der Waals surface area contributed by atoms with Crippen molar-refractivity contribution in [3.05, 3.63) is 53.8 Å². The Morgan fingerprint density at radius 1 is 0.967 bits per heavy atom. The zero-order chi connectivity index (χ0) is 22.2. The van der Waals surface area contributed by atoms with E-state index in [2.05, 4.69) is 4.72 Å². The molecule has 0 amide bonds. The number of benzene rings is 2. The van der Waals surface area contributed by atoms with Crippen LogP contribution in [-0.2, 0) is 30.2 Å². The van der Waals surface area contributed by atoms with E-state index >= 15 is 0 Å². The molecule has 0 unspecified atom stereocenters. The number of halogens is 1. The number of ether oxygens (including phenoxy) is 1. The summed E-state index contributed by atoms with van der Waals surface area (Å²) in [5.41, 5.74) is 0.806. The molecule has 1 N–H and O–H groups in total. The Labute approximate surface area is 177 Å². The highest BCUT2D eigenvalue weighted by Gasteiger charge is 2.29. The first kappa shape index (κ1) is 22.7. The largest absolute Gasteiger partial charge is 0.379 e. The zero-order valence-electron chi connectivity index (χ0n) is 17.1. The van der Waals surface area contributed by atoms with Crippen molar-refractivity contribution in [2.24, 2.45) is 0 Å². The first-order chi connectivity index (χ1) is 13.9. The number of morpholine rings is 1. The van der Waals surface area contributed by atoms with Gasteiger partial charge < -0.3 is 4.74 Å². The van der Waals surface area contributed by atoms with Gasteiger partial charge in [0, 0.05) is 13.1 Å². The molecule has 30 heavy (non-hydrogen) atoms. The third-order valence-corrected chi connectivity index (χ3v) is 8.11. The number of hydrogen-bond acceptors (Lipinski definition) is 5. The number of nitrogens with one attached hydrogen (secondary N) is 1. The van der Waals surface area contributed by atoms with Crippen molar-refractivity contribution in [3.8, 4) is 0 Å². The zero-order valence-corrected chi connectivity index (χ0v) is 18.7. The number of rotatable bonds is 5. The van der Waals surface area contributed by atoms with Gasteiger partial charge in [-0.3, -0.25) is 4.72 Å². The molecule has 1 fully saturated rings. The van der Waals surface area contributed by atoms with E-state index in [-0.39, 0.29) is 42.3 Å². The van der Waals surface area contributed by atoms with E-state index in [0.717, 1.165) is 22.0 Å². The molecule has 164 valence electrons. The highest BCUT2D eigenvalue weighted by molar-refractivity contribution is 7.92. The lowest BCUT2D eigenvalue weighted by Crippen LogP contribution is -2.40. The van der Waals surface area contributed by atoms with Gasteiger partial charge >= 0.3 is 0 Å². The van der Waals surface area contributed by atoms with Gasteiger partial charge in [-0.2, -0.15) is 4.31 Å². The van der Waals surface area contributed by atoms with E-state index in [4.69, 9.17) is 4.74 Å². The van der Waals surface area contributed by atoms with Crippen LogP contribution in [0.5, 0.6) is 0 Å². The molecule has 7 nitrogen and oxygen atoms in total. The average molecular weight is 457 g/mol. The molecule has 1 aliphatic heterocycles. The second-order valence-electron chi connectivity index (χ2n) is 8.04. The van der Waals surface area contributed by atoms with E-state index < -0.39 is 30.8 Å². The minimum atomic E-state index is -4.11. The maximum atomic E-state index is 14.3. The fourth-order valence-electron chi connectivity index (χ4n) is 3.04. The van der Waals surface area contributed by atoms with Gasteiger partial charge in [0.05, 0.1) is 23.8 Å². The molecule has 1 heterocycles. The average Bonchev–Trinajstić information content (AvgIpc) is 2.69. The third kappa shape index (κ3) is 4.83. The Morgan fingerprint density at radius 3 is 2.13 bits per heavy atom. The van der Waals surface area contributed by atoms with Crippen molar-refractivity contribution >= 4 is 25.7 Å². The maximum absolute atomic E-state index is 14.3. The molecule has 0 saturated carbocycles. The summed E-state index contributed by atoms with van der Waals surface area (Å²) in [6, 6.07) is 9.56. The Balaban J connectivity index is 1.89. The van der Waals surface area contributed by atoms with Crippen LogP contribution >= 0.6 is 0 Å². The second kappa shape index (κ2) is 8.26. The monoisotopic (exact) mass is 456 g/mol. The molecular formula is C20H25FN2O5S2. The van der Waals surface area contributed by atoms with E-state index in [1.165, 1.54) is 18.2 Å². The van der Waals surface area contributed by atoms with Crippen molar-refractivity contribution in [1.29, 1.82) is 0 Å². The van der Waals surface area contributed by atoms with Crippen LogP contribution in [0, 0.1) is 5.82 Å². The second-order valence-corrected chi connectivity index (χ2v) is 11.6. The van der Waals surface area contributed by atoms with Gasteiger partial charge in [0.15, 0.2) is 0 Å². The van der Waals surface area contributed by atoms with Gasteiger partial charge in [-0.25, -0.2) is 21.2 Å². The Morgan fingerprint density at radius 2 is 1.57 bits per heavy atom. The van der Waals surface area contributed by atoms with Crippen molar-refractivity contribution in [3.63, 3.8) is 0 Å². The molecule has 2 aromatic rings. The molecular weight excluding hydrogens is 431 g/mol. The first-order valence-corrected chi connectivity index (χ1v) is 12.3. The molecule has 3 rings (SSSR count). The van der Waals surface area contributed by atoms with E-state index in [1.54, 1.807) is 12.1 Å². The van der Waals surface area contributed by atoms with Gasteiger partial charge in [0.25, 0.3) is 10.0 Å². The molecule has 1 aliphatic rings. The summed E-state index contributed by atoms with van der Waals surface area (Å²) in [7, 11) is -8.09. The van der Waals surface area contributed by atoms with Gasteiger partial charge in [0.1, 0.15) is 10.7 Å². The third-order valence-electron chi connectivity index (χ3n) is 4.80. The van der Waals surface area contributed by atoms with E-state index in [0.29, 0.717) is 0 Å². The van der Waals surface area contributed by atoms with Crippen molar-refractivity contribution in [2.45, 2.75) is 36.0 Å². The van der Waals surface area contributed by atoms with Crippen molar-refractivity contribution in [2.75, 3.05) is 31.0 Å². The van der Waals surface area contributed by atoms with Crippen LogP contribution in [0.3, 0.4) is 0 Å². The van der Waals surface area contributed by atoms with Crippen LogP contribution in [0.2, 0.25) is 0 Å². The SMILES string of the molecule is CC(C)(C)c1ccc(S(=O)(=O)Nc2ccc(F)c(S(=O)(=O)N3CCOCC3)c2)cc1. The summed E-state index contributed by atoms with van der Waals surface area (Å²) in [6.07, 6.45) is 0.